The minimum absolute atomic E-state index is 0.0456. The largest absolute Gasteiger partial charge is 0.493 e. The molecule has 2 aromatic rings. The zero-order valence-electron chi connectivity index (χ0n) is 23.4. The molecule has 0 aliphatic carbocycles. The van der Waals surface area contributed by atoms with E-state index < -0.39 is 34.8 Å². The van der Waals surface area contributed by atoms with E-state index in [0.29, 0.717) is 12.8 Å². The Morgan fingerprint density at radius 2 is 1.77 bits per heavy atom. The Hall–Kier alpha value is -3.04. The second-order valence-electron chi connectivity index (χ2n) is 11.3. The highest BCUT2D eigenvalue weighted by atomic mass is 19.4. The average molecular weight is 550 g/mol. The zero-order valence-corrected chi connectivity index (χ0v) is 23.4. The van der Waals surface area contributed by atoms with E-state index in [2.05, 4.69) is 11.4 Å². The number of alkyl carbamates (subject to hydrolysis) is 1. The number of rotatable bonds is 8. The molecule has 1 aliphatic rings. The Labute approximate surface area is 228 Å². The summed E-state index contributed by atoms with van der Waals surface area (Å²) in [5, 5.41) is 2.76. The molecule has 1 saturated heterocycles. The molecule has 0 bridgehead atoms. The molecule has 0 unspecified atom stereocenters. The lowest BCUT2D eigenvalue weighted by Crippen LogP contribution is -2.60. The van der Waals surface area contributed by atoms with Gasteiger partial charge in [-0.1, -0.05) is 48.0 Å². The van der Waals surface area contributed by atoms with Crippen LogP contribution in [0.5, 0.6) is 5.75 Å². The van der Waals surface area contributed by atoms with E-state index in [0.717, 1.165) is 17.2 Å². The van der Waals surface area contributed by atoms with Crippen molar-refractivity contribution < 1.29 is 36.9 Å². The maximum absolute atomic E-state index is 13.9. The number of ether oxygens (including phenoxy) is 4. The molecule has 1 amide bonds. The molecule has 1 N–H and O–H groups in total. The number of amides is 1. The molecule has 9 heteroatoms. The van der Waals surface area contributed by atoms with Crippen LogP contribution in [0.4, 0.5) is 18.0 Å². The number of hydrogen-bond donors (Lipinski definition) is 1. The van der Waals surface area contributed by atoms with E-state index >= 15 is 0 Å². The number of benzene rings is 2. The maximum atomic E-state index is 13.9. The summed E-state index contributed by atoms with van der Waals surface area (Å²) in [5.74, 6) is -1.09. The van der Waals surface area contributed by atoms with Gasteiger partial charge < -0.3 is 24.3 Å². The molecule has 1 heterocycles. The normalized spacial score (nSPS) is 17.2. The zero-order chi connectivity index (χ0) is 28.9. The number of alkyl halides is 3. The fraction of sp³-hybridized carbons (Fsp3) is 0.500. The van der Waals surface area contributed by atoms with Crippen LogP contribution < -0.4 is 10.1 Å². The summed E-state index contributed by atoms with van der Waals surface area (Å²) < 4.78 is 64.2. The Kier molecular flexibility index (Phi) is 9.39. The minimum Gasteiger partial charge on any atom is -0.493 e. The molecule has 39 heavy (non-hydrogen) atoms. The van der Waals surface area contributed by atoms with Crippen molar-refractivity contribution in [2.45, 2.75) is 77.5 Å². The molecule has 0 aromatic heterocycles. The van der Waals surface area contributed by atoms with Gasteiger partial charge in [-0.25, -0.2) is 4.79 Å². The van der Waals surface area contributed by atoms with E-state index in [1.54, 1.807) is 40.7 Å². The molecule has 214 valence electrons. The fourth-order valence-electron chi connectivity index (χ4n) is 3.99. The van der Waals surface area contributed by atoms with Crippen molar-refractivity contribution in [3.63, 3.8) is 0 Å². The molecule has 0 spiro atoms. The number of aryl methyl sites for hydroxylation is 2. The van der Waals surface area contributed by atoms with E-state index in [1.807, 2.05) is 25.1 Å². The summed E-state index contributed by atoms with van der Waals surface area (Å²) in [5.41, 5.74) is -0.211. The fourth-order valence-corrected chi connectivity index (χ4v) is 3.99. The van der Waals surface area contributed by atoms with Gasteiger partial charge in [-0.2, -0.15) is 13.2 Å². The van der Waals surface area contributed by atoms with Gasteiger partial charge in [0, 0.05) is 0 Å². The first-order valence-electron chi connectivity index (χ1n) is 12.9. The van der Waals surface area contributed by atoms with Crippen LogP contribution in [0.15, 0.2) is 48.5 Å². The van der Waals surface area contributed by atoms with Crippen molar-refractivity contribution in [3.8, 4) is 5.75 Å². The van der Waals surface area contributed by atoms with Gasteiger partial charge in [0.25, 0.3) is 0 Å². The van der Waals surface area contributed by atoms with Crippen LogP contribution >= 0.6 is 0 Å². The number of halogens is 3. The standard InChI is InChI=1S/C30H38F3NO5/c1-21-9-7-10-22(17-21)11-8-16-36-25-13-12-23(18-24(25)30(31,32)33)14-15-29(19-37-28(5,6)38-20-29)34-26(35)39-27(2,3)4/h7,9-10,12-15,17-18H,8,11,16,19-20H2,1-6H3,(H,34,35). The first-order chi connectivity index (χ1) is 18.1. The van der Waals surface area contributed by atoms with Gasteiger partial charge in [-0.15, -0.1) is 0 Å². The molecule has 0 saturated carbocycles. The van der Waals surface area contributed by atoms with Gasteiger partial charge in [-0.3, -0.25) is 0 Å². The first-order valence-corrected chi connectivity index (χ1v) is 12.9. The molecule has 3 rings (SSSR count). The molecule has 0 radical (unpaired) electrons. The lowest BCUT2D eigenvalue weighted by Gasteiger charge is -2.42. The van der Waals surface area contributed by atoms with Crippen LogP contribution in [0, 0.1) is 6.92 Å². The van der Waals surface area contributed by atoms with Gasteiger partial charge in [0.1, 0.15) is 16.9 Å². The summed E-state index contributed by atoms with van der Waals surface area (Å²) in [7, 11) is 0. The molecular formula is C30H38F3NO5. The van der Waals surface area contributed by atoms with Crippen LogP contribution in [0.2, 0.25) is 0 Å². The minimum atomic E-state index is -4.61. The van der Waals surface area contributed by atoms with Gasteiger partial charge in [0.05, 0.1) is 25.4 Å². The molecule has 6 nitrogen and oxygen atoms in total. The van der Waals surface area contributed by atoms with E-state index in [9.17, 15) is 18.0 Å². The molecule has 1 aliphatic heterocycles. The monoisotopic (exact) mass is 549 g/mol. The van der Waals surface area contributed by atoms with Gasteiger partial charge in [0.2, 0.25) is 0 Å². The second kappa shape index (κ2) is 12.0. The first kappa shape index (κ1) is 30.5. The van der Waals surface area contributed by atoms with Crippen LogP contribution in [0.25, 0.3) is 6.08 Å². The third-order valence-electron chi connectivity index (χ3n) is 5.96. The van der Waals surface area contributed by atoms with Gasteiger partial charge >= 0.3 is 12.3 Å². The molecule has 0 atom stereocenters. The summed E-state index contributed by atoms with van der Waals surface area (Å²) >= 11 is 0. The smallest absolute Gasteiger partial charge is 0.419 e. The SMILES string of the molecule is Cc1cccc(CCCOc2ccc(C=CC3(NC(=O)OC(C)(C)C)COC(C)(C)OC3)cc2C(F)(F)F)c1. The lowest BCUT2D eigenvalue weighted by molar-refractivity contribution is -0.263. The second-order valence-corrected chi connectivity index (χ2v) is 11.3. The van der Waals surface area contributed by atoms with Crippen LogP contribution in [-0.2, 0) is 26.8 Å². The number of carbonyl (C=O) groups is 1. The van der Waals surface area contributed by atoms with Crippen molar-refractivity contribution in [3.05, 3.63) is 70.8 Å². The van der Waals surface area contributed by atoms with Crippen molar-refractivity contribution in [1.82, 2.24) is 5.32 Å². The summed E-state index contributed by atoms with van der Waals surface area (Å²) in [6.07, 6.45) is -0.939. The number of nitrogens with one attached hydrogen (secondary N) is 1. The number of hydrogen-bond acceptors (Lipinski definition) is 5. The third kappa shape index (κ3) is 9.58. The quantitative estimate of drug-likeness (QED) is 0.356. The molecular weight excluding hydrogens is 511 g/mol. The Balaban J connectivity index is 1.75. The molecule has 1 fully saturated rings. The van der Waals surface area contributed by atoms with E-state index in [4.69, 9.17) is 18.9 Å². The topological polar surface area (TPSA) is 66.0 Å². The predicted octanol–water partition coefficient (Wildman–Crippen LogP) is 7.09. The van der Waals surface area contributed by atoms with Gasteiger partial charge in [-0.05, 0) is 77.6 Å². The predicted molar refractivity (Wildman–Crippen MR) is 144 cm³/mol. The van der Waals surface area contributed by atoms with Crippen molar-refractivity contribution in [2.75, 3.05) is 19.8 Å². The van der Waals surface area contributed by atoms with Crippen LogP contribution in [0.1, 0.15) is 63.3 Å². The summed E-state index contributed by atoms with van der Waals surface area (Å²) in [6.45, 7) is 10.9. The summed E-state index contributed by atoms with van der Waals surface area (Å²) in [4.78, 5) is 12.5. The Morgan fingerprint density at radius 1 is 1.08 bits per heavy atom. The highest BCUT2D eigenvalue weighted by molar-refractivity contribution is 5.70. The average Bonchev–Trinajstić information content (AvgIpc) is 2.81. The summed E-state index contributed by atoms with van der Waals surface area (Å²) in [6, 6.07) is 11.9. The van der Waals surface area contributed by atoms with Gasteiger partial charge in [0.15, 0.2) is 5.79 Å². The molecule has 2 aromatic carbocycles. The van der Waals surface area contributed by atoms with Crippen molar-refractivity contribution in [1.29, 1.82) is 0 Å². The Bertz CT molecular complexity index is 1160. The Morgan fingerprint density at radius 3 is 2.38 bits per heavy atom. The van der Waals surface area contributed by atoms with E-state index in [1.165, 1.54) is 18.2 Å². The highest BCUT2D eigenvalue weighted by Crippen LogP contribution is 2.37. The lowest BCUT2D eigenvalue weighted by atomic mass is 9.97. The van der Waals surface area contributed by atoms with Crippen LogP contribution in [-0.4, -0.2) is 42.8 Å². The maximum Gasteiger partial charge on any atom is 0.419 e. The van der Waals surface area contributed by atoms with Crippen molar-refractivity contribution in [2.24, 2.45) is 0 Å². The highest BCUT2D eigenvalue weighted by Gasteiger charge is 2.41. The van der Waals surface area contributed by atoms with E-state index in [-0.39, 0.29) is 31.1 Å². The van der Waals surface area contributed by atoms with Crippen LogP contribution in [0.3, 0.4) is 0 Å². The van der Waals surface area contributed by atoms with Crippen molar-refractivity contribution >= 4 is 12.2 Å². The third-order valence-corrected chi connectivity index (χ3v) is 5.96. The number of carbonyl (C=O) groups excluding carboxylic acids is 1.